The number of nitrogens with one attached hydrogen (secondary N) is 1. The highest BCUT2D eigenvalue weighted by molar-refractivity contribution is 5.47. The lowest BCUT2D eigenvalue weighted by Crippen LogP contribution is -2.37. The maximum Gasteiger partial charge on any atom is 0.0345 e. The molecule has 0 heterocycles. The van der Waals surface area contributed by atoms with Crippen LogP contribution in [0.25, 0.3) is 0 Å². The minimum atomic E-state index is 0.605. The Morgan fingerprint density at radius 3 is 2.39 bits per heavy atom. The highest BCUT2D eigenvalue weighted by atomic mass is 14.9. The van der Waals surface area contributed by atoms with E-state index in [1.165, 1.54) is 30.5 Å². The van der Waals surface area contributed by atoms with Gasteiger partial charge in [0, 0.05) is 11.7 Å². The topological polar surface area (TPSA) is 12.0 Å². The molecule has 1 aromatic rings. The van der Waals surface area contributed by atoms with Crippen molar-refractivity contribution in [3.8, 4) is 0 Å². The molecule has 0 radical (unpaired) electrons. The fourth-order valence-corrected chi connectivity index (χ4v) is 3.15. The molecule has 2 atom stereocenters. The molecule has 1 heteroatoms. The van der Waals surface area contributed by atoms with Crippen LogP contribution in [-0.2, 0) is 0 Å². The third kappa shape index (κ3) is 3.07. The number of hydrogen-bond acceptors (Lipinski definition) is 1. The lowest BCUT2D eigenvalue weighted by molar-refractivity contribution is 0.268. The van der Waals surface area contributed by atoms with Crippen LogP contribution in [-0.4, -0.2) is 6.04 Å². The molecule has 2 rings (SSSR count). The number of benzene rings is 1. The van der Waals surface area contributed by atoms with E-state index in [0.717, 1.165) is 11.8 Å². The van der Waals surface area contributed by atoms with Crippen LogP contribution >= 0.6 is 0 Å². The summed E-state index contributed by atoms with van der Waals surface area (Å²) < 4.78 is 0. The largest absolute Gasteiger partial charge is 0.382 e. The zero-order valence-electron chi connectivity index (χ0n) is 12.2. The average molecular weight is 245 g/mol. The van der Waals surface area contributed by atoms with Crippen LogP contribution in [0.1, 0.15) is 58.4 Å². The third-order valence-corrected chi connectivity index (χ3v) is 4.43. The highest BCUT2D eigenvalue weighted by Crippen LogP contribution is 2.31. The van der Waals surface area contributed by atoms with Crippen molar-refractivity contribution in [2.24, 2.45) is 11.8 Å². The minimum Gasteiger partial charge on any atom is -0.382 e. The van der Waals surface area contributed by atoms with Crippen molar-refractivity contribution in [2.75, 3.05) is 5.32 Å². The van der Waals surface area contributed by atoms with Gasteiger partial charge in [-0.1, -0.05) is 46.2 Å². The summed E-state index contributed by atoms with van der Waals surface area (Å²) in [6.07, 6.45) is 4.13. The Morgan fingerprint density at radius 2 is 1.78 bits per heavy atom. The lowest BCUT2D eigenvalue weighted by atomic mass is 9.78. The Bertz CT molecular complexity index is 373. The molecule has 1 nitrogen and oxygen atoms in total. The maximum absolute atomic E-state index is 3.78. The monoisotopic (exact) mass is 245 g/mol. The first-order valence-electron chi connectivity index (χ1n) is 7.44. The van der Waals surface area contributed by atoms with Crippen LogP contribution in [0, 0.1) is 11.8 Å². The van der Waals surface area contributed by atoms with Gasteiger partial charge in [-0.3, -0.25) is 0 Å². The molecule has 2 unspecified atom stereocenters. The van der Waals surface area contributed by atoms with Gasteiger partial charge in [-0.25, -0.2) is 0 Å². The first kappa shape index (κ1) is 13.5. The van der Waals surface area contributed by atoms with Crippen molar-refractivity contribution < 1.29 is 0 Å². The quantitative estimate of drug-likeness (QED) is 0.786. The summed E-state index contributed by atoms with van der Waals surface area (Å²) in [5.41, 5.74) is 2.72. The second-order valence-electron chi connectivity index (χ2n) is 6.34. The second kappa shape index (κ2) is 5.77. The van der Waals surface area contributed by atoms with Crippen LogP contribution in [0.4, 0.5) is 5.69 Å². The molecule has 100 valence electrons. The van der Waals surface area contributed by atoms with Crippen molar-refractivity contribution in [1.29, 1.82) is 0 Å². The molecule has 1 fully saturated rings. The Morgan fingerprint density at radius 1 is 1.11 bits per heavy atom. The molecule has 18 heavy (non-hydrogen) atoms. The standard InChI is InChI=1S/C17H27N/c1-12(2)15-9-6-10-16(11-15)18-17-13(3)7-5-8-14(17)4/h6,9-14,17-18H,5,7-8H2,1-4H3. The molecule has 1 aliphatic carbocycles. The molecule has 1 saturated carbocycles. The minimum absolute atomic E-state index is 0.605. The smallest absolute Gasteiger partial charge is 0.0345 e. The van der Waals surface area contributed by atoms with Gasteiger partial charge in [0.25, 0.3) is 0 Å². The molecule has 1 N–H and O–H groups in total. The molecular formula is C17H27N. The van der Waals surface area contributed by atoms with Gasteiger partial charge in [-0.2, -0.15) is 0 Å². The Balaban J connectivity index is 2.10. The summed E-state index contributed by atoms with van der Waals surface area (Å²) in [5, 5.41) is 3.78. The molecule has 1 aromatic carbocycles. The lowest BCUT2D eigenvalue weighted by Gasteiger charge is -2.36. The fraction of sp³-hybridized carbons (Fsp3) is 0.647. The van der Waals surface area contributed by atoms with Crippen LogP contribution in [0.3, 0.4) is 0 Å². The summed E-state index contributed by atoms with van der Waals surface area (Å²) in [7, 11) is 0. The third-order valence-electron chi connectivity index (χ3n) is 4.43. The van der Waals surface area contributed by atoms with E-state index in [4.69, 9.17) is 0 Å². The predicted octanol–water partition coefficient (Wildman–Crippen LogP) is 5.05. The van der Waals surface area contributed by atoms with Gasteiger partial charge in [-0.05, 0) is 48.3 Å². The SMILES string of the molecule is CC(C)c1cccc(NC2C(C)CCCC2C)c1. The van der Waals surface area contributed by atoms with Crippen LogP contribution in [0.5, 0.6) is 0 Å². The zero-order chi connectivity index (χ0) is 13.1. The van der Waals surface area contributed by atoms with E-state index < -0.39 is 0 Å². The Labute approximate surface area is 112 Å². The van der Waals surface area contributed by atoms with E-state index >= 15 is 0 Å². The molecule has 1 aliphatic rings. The van der Waals surface area contributed by atoms with Gasteiger partial charge < -0.3 is 5.32 Å². The van der Waals surface area contributed by atoms with Crippen molar-refractivity contribution in [3.63, 3.8) is 0 Å². The Kier molecular flexibility index (Phi) is 4.31. The number of rotatable bonds is 3. The van der Waals surface area contributed by atoms with Gasteiger partial charge >= 0.3 is 0 Å². The second-order valence-corrected chi connectivity index (χ2v) is 6.34. The zero-order valence-corrected chi connectivity index (χ0v) is 12.2. The highest BCUT2D eigenvalue weighted by Gasteiger charge is 2.27. The molecule has 0 spiro atoms. The molecule has 0 bridgehead atoms. The van der Waals surface area contributed by atoms with Gasteiger partial charge in [0.15, 0.2) is 0 Å². The van der Waals surface area contributed by atoms with E-state index in [1.807, 2.05) is 0 Å². The van der Waals surface area contributed by atoms with Gasteiger partial charge in [0.05, 0.1) is 0 Å². The summed E-state index contributed by atoms with van der Waals surface area (Å²) in [5.74, 6) is 2.18. The summed E-state index contributed by atoms with van der Waals surface area (Å²) in [4.78, 5) is 0. The normalized spacial score (nSPS) is 28.4. The van der Waals surface area contributed by atoms with Gasteiger partial charge in [-0.15, -0.1) is 0 Å². The van der Waals surface area contributed by atoms with E-state index in [9.17, 15) is 0 Å². The molecule has 0 amide bonds. The number of anilines is 1. The Hall–Kier alpha value is -0.980. The van der Waals surface area contributed by atoms with Gasteiger partial charge in [0.2, 0.25) is 0 Å². The van der Waals surface area contributed by atoms with Crippen LogP contribution < -0.4 is 5.32 Å². The van der Waals surface area contributed by atoms with Crippen molar-refractivity contribution >= 4 is 5.69 Å². The van der Waals surface area contributed by atoms with Crippen LogP contribution in [0.2, 0.25) is 0 Å². The predicted molar refractivity (Wildman–Crippen MR) is 80.1 cm³/mol. The summed E-state index contributed by atoms with van der Waals surface area (Å²) in [6.45, 7) is 9.29. The van der Waals surface area contributed by atoms with E-state index in [0.29, 0.717) is 12.0 Å². The van der Waals surface area contributed by atoms with Crippen molar-refractivity contribution in [3.05, 3.63) is 29.8 Å². The first-order chi connectivity index (χ1) is 8.58. The molecule has 0 aromatic heterocycles. The molecule has 0 saturated heterocycles. The van der Waals surface area contributed by atoms with E-state index in [1.54, 1.807) is 0 Å². The van der Waals surface area contributed by atoms with Crippen LogP contribution in [0.15, 0.2) is 24.3 Å². The number of hydrogen-bond donors (Lipinski definition) is 1. The average Bonchev–Trinajstić information content (AvgIpc) is 2.34. The maximum atomic E-state index is 3.78. The first-order valence-corrected chi connectivity index (χ1v) is 7.44. The molecular weight excluding hydrogens is 218 g/mol. The van der Waals surface area contributed by atoms with E-state index in [2.05, 4.69) is 57.3 Å². The molecule has 0 aliphatic heterocycles. The summed E-state index contributed by atoms with van der Waals surface area (Å²) in [6, 6.07) is 9.57. The van der Waals surface area contributed by atoms with Crippen molar-refractivity contribution in [1.82, 2.24) is 0 Å². The van der Waals surface area contributed by atoms with Crippen molar-refractivity contribution in [2.45, 2.75) is 58.9 Å². The fourth-order valence-electron chi connectivity index (χ4n) is 3.15. The van der Waals surface area contributed by atoms with Gasteiger partial charge in [0.1, 0.15) is 0 Å². The summed E-state index contributed by atoms with van der Waals surface area (Å²) >= 11 is 0. The van der Waals surface area contributed by atoms with E-state index in [-0.39, 0.29) is 0 Å².